The zero-order valence-corrected chi connectivity index (χ0v) is 18.4. The average molecular weight is 488 g/mol. The summed E-state index contributed by atoms with van der Waals surface area (Å²) in [7, 11) is 0. The molecule has 0 unspecified atom stereocenters. The Bertz CT molecular complexity index is 1580. The number of nitro groups is 1. The van der Waals surface area contributed by atoms with Crippen molar-refractivity contribution in [2.75, 3.05) is 10.2 Å². The quantitative estimate of drug-likeness (QED) is 0.211. The number of aromatic carboxylic acids is 1. The number of nitrogens with one attached hydrogen (secondary N) is 1. The Morgan fingerprint density at radius 1 is 0.943 bits per heavy atom. The second kappa shape index (κ2) is 8.23. The van der Waals surface area contributed by atoms with E-state index in [1.807, 2.05) is 0 Å². The molecular formula is C25H14ClN3O6. The summed E-state index contributed by atoms with van der Waals surface area (Å²) in [5.41, 5.74) is 0.572. The van der Waals surface area contributed by atoms with Gasteiger partial charge < -0.3 is 10.4 Å². The van der Waals surface area contributed by atoms with Crippen molar-refractivity contribution in [3.8, 4) is 0 Å². The number of benzene rings is 4. The molecule has 172 valence electrons. The van der Waals surface area contributed by atoms with Crippen molar-refractivity contribution in [1.82, 2.24) is 0 Å². The fourth-order valence-corrected chi connectivity index (χ4v) is 4.31. The van der Waals surface area contributed by atoms with Crippen molar-refractivity contribution in [2.24, 2.45) is 0 Å². The van der Waals surface area contributed by atoms with E-state index in [9.17, 15) is 24.5 Å². The van der Waals surface area contributed by atoms with Crippen molar-refractivity contribution < 1.29 is 24.4 Å². The predicted octanol–water partition coefficient (Wildman–Crippen LogP) is 5.64. The van der Waals surface area contributed by atoms with Crippen LogP contribution in [0.5, 0.6) is 0 Å². The van der Waals surface area contributed by atoms with Gasteiger partial charge in [-0.3, -0.25) is 19.7 Å². The van der Waals surface area contributed by atoms with Gasteiger partial charge in [-0.05, 0) is 48.5 Å². The van der Waals surface area contributed by atoms with Crippen LogP contribution in [0.25, 0.3) is 10.8 Å². The molecule has 0 aliphatic carbocycles. The standard InChI is InChI=1S/C25H14ClN3O6/c26-14-3-1-4-15(11-14)27-22-17-5-2-6-18-21(17)19(12-20(22)29(34)35)24(31)28(23(18)30)16-9-7-13(8-10-16)25(32)33/h1-12,27H,(H,32,33). The lowest BCUT2D eigenvalue weighted by atomic mass is 9.91. The molecule has 0 saturated heterocycles. The van der Waals surface area contributed by atoms with E-state index in [2.05, 4.69) is 5.32 Å². The maximum absolute atomic E-state index is 13.5. The molecule has 2 amide bonds. The minimum atomic E-state index is -1.15. The molecule has 1 aliphatic rings. The molecule has 0 fully saturated rings. The molecule has 0 aromatic heterocycles. The van der Waals surface area contributed by atoms with Crippen molar-refractivity contribution >= 4 is 62.9 Å². The van der Waals surface area contributed by atoms with Crippen LogP contribution < -0.4 is 10.2 Å². The molecule has 0 bridgehead atoms. The largest absolute Gasteiger partial charge is 0.478 e. The molecule has 4 aromatic rings. The summed E-state index contributed by atoms with van der Waals surface area (Å²) >= 11 is 6.05. The Morgan fingerprint density at radius 2 is 1.63 bits per heavy atom. The number of carboxylic acid groups (broad SMARTS) is 1. The van der Waals surface area contributed by atoms with Crippen LogP contribution in [0.2, 0.25) is 5.02 Å². The molecule has 35 heavy (non-hydrogen) atoms. The van der Waals surface area contributed by atoms with Gasteiger partial charge in [0.15, 0.2) is 0 Å². The maximum atomic E-state index is 13.5. The summed E-state index contributed by atoms with van der Waals surface area (Å²) < 4.78 is 0. The van der Waals surface area contributed by atoms with E-state index in [4.69, 9.17) is 16.7 Å². The highest BCUT2D eigenvalue weighted by Gasteiger charge is 2.37. The SMILES string of the molecule is O=C(O)c1ccc(N2C(=O)c3cccc4c(Nc5cccc(Cl)c5)c([N+](=O)[O-])cc(c34)C2=O)cc1. The summed E-state index contributed by atoms with van der Waals surface area (Å²) in [6.45, 7) is 0. The molecule has 10 heteroatoms. The van der Waals surface area contributed by atoms with E-state index in [0.717, 1.165) is 11.0 Å². The van der Waals surface area contributed by atoms with Crippen LogP contribution in [0.15, 0.2) is 72.8 Å². The van der Waals surface area contributed by atoms with Crippen molar-refractivity contribution in [3.05, 3.63) is 105 Å². The Hall–Kier alpha value is -4.76. The van der Waals surface area contributed by atoms with Gasteiger partial charge >= 0.3 is 5.97 Å². The van der Waals surface area contributed by atoms with E-state index in [0.29, 0.717) is 16.1 Å². The number of carbonyl (C=O) groups is 3. The van der Waals surface area contributed by atoms with Gasteiger partial charge in [-0.25, -0.2) is 9.69 Å². The number of carbonyl (C=O) groups excluding carboxylic acids is 2. The maximum Gasteiger partial charge on any atom is 0.335 e. The first-order valence-corrected chi connectivity index (χ1v) is 10.6. The van der Waals surface area contributed by atoms with Gasteiger partial charge in [0.25, 0.3) is 17.5 Å². The Morgan fingerprint density at radius 3 is 2.29 bits per heavy atom. The zero-order valence-electron chi connectivity index (χ0n) is 17.7. The fraction of sp³-hybridized carbons (Fsp3) is 0. The summed E-state index contributed by atoms with van der Waals surface area (Å²) in [6.07, 6.45) is 0. The van der Waals surface area contributed by atoms with Gasteiger partial charge in [0.2, 0.25) is 0 Å². The first kappa shape index (κ1) is 22.1. The summed E-state index contributed by atoms with van der Waals surface area (Å²) in [6, 6.07) is 17.7. The first-order valence-electron chi connectivity index (χ1n) is 10.2. The molecular weight excluding hydrogens is 474 g/mol. The minimum Gasteiger partial charge on any atom is -0.478 e. The molecule has 0 saturated carbocycles. The van der Waals surface area contributed by atoms with Crippen molar-refractivity contribution in [1.29, 1.82) is 0 Å². The van der Waals surface area contributed by atoms with E-state index < -0.39 is 22.7 Å². The minimum absolute atomic E-state index is 0.0131. The number of anilines is 3. The zero-order chi connectivity index (χ0) is 24.9. The number of rotatable bonds is 5. The molecule has 0 atom stereocenters. The van der Waals surface area contributed by atoms with Crippen LogP contribution in [0.4, 0.5) is 22.7 Å². The molecule has 5 rings (SSSR count). The lowest BCUT2D eigenvalue weighted by molar-refractivity contribution is -0.383. The Labute approximate surface area is 202 Å². The Balaban J connectivity index is 1.71. The number of hydrogen-bond donors (Lipinski definition) is 2. The van der Waals surface area contributed by atoms with Crippen LogP contribution in [-0.4, -0.2) is 27.8 Å². The van der Waals surface area contributed by atoms with Crippen LogP contribution in [0, 0.1) is 10.1 Å². The van der Waals surface area contributed by atoms with E-state index in [-0.39, 0.29) is 39.1 Å². The summed E-state index contributed by atoms with van der Waals surface area (Å²) in [4.78, 5) is 50.3. The summed E-state index contributed by atoms with van der Waals surface area (Å²) in [5.74, 6) is -2.53. The highest BCUT2D eigenvalue weighted by molar-refractivity contribution is 6.37. The van der Waals surface area contributed by atoms with Crippen LogP contribution in [0.1, 0.15) is 31.1 Å². The molecule has 9 nitrogen and oxygen atoms in total. The predicted molar refractivity (Wildman–Crippen MR) is 130 cm³/mol. The number of nitrogens with zero attached hydrogens (tertiary/aromatic N) is 2. The van der Waals surface area contributed by atoms with Crippen LogP contribution in [-0.2, 0) is 0 Å². The van der Waals surface area contributed by atoms with E-state index >= 15 is 0 Å². The van der Waals surface area contributed by atoms with Gasteiger partial charge in [0.1, 0.15) is 5.69 Å². The van der Waals surface area contributed by atoms with Crippen LogP contribution in [0.3, 0.4) is 0 Å². The normalized spacial score (nSPS) is 12.7. The van der Waals surface area contributed by atoms with E-state index in [1.165, 1.54) is 30.3 Å². The monoisotopic (exact) mass is 487 g/mol. The van der Waals surface area contributed by atoms with E-state index in [1.54, 1.807) is 36.4 Å². The third-order valence-electron chi connectivity index (χ3n) is 5.67. The van der Waals surface area contributed by atoms with Crippen molar-refractivity contribution in [3.63, 3.8) is 0 Å². The van der Waals surface area contributed by atoms with Crippen LogP contribution >= 0.6 is 11.6 Å². The van der Waals surface area contributed by atoms with Gasteiger partial charge in [-0.2, -0.15) is 0 Å². The second-order valence-corrected chi connectivity index (χ2v) is 8.17. The molecule has 0 spiro atoms. The van der Waals surface area contributed by atoms with Gasteiger partial charge in [0.05, 0.1) is 21.7 Å². The number of nitro benzene ring substituents is 1. The smallest absolute Gasteiger partial charge is 0.335 e. The third-order valence-corrected chi connectivity index (χ3v) is 5.91. The lowest BCUT2D eigenvalue weighted by Crippen LogP contribution is -2.40. The molecule has 0 radical (unpaired) electrons. The van der Waals surface area contributed by atoms with Gasteiger partial charge in [-0.1, -0.05) is 29.8 Å². The number of halogens is 1. The average Bonchev–Trinajstić information content (AvgIpc) is 2.83. The molecule has 1 heterocycles. The topological polar surface area (TPSA) is 130 Å². The third kappa shape index (κ3) is 3.64. The number of hydrogen-bond acceptors (Lipinski definition) is 6. The van der Waals surface area contributed by atoms with Gasteiger partial charge in [0, 0.05) is 33.1 Å². The Kier molecular flexibility index (Phi) is 5.18. The molecule has 2 N–H and O–H groups in total. The first-order chi connectivity index (χ1) is 16.8. The molecule has 1 aliphatic heterocycles. The second-order valence-electron chi connectivity index (χ2n) is 7.74. The number of carboxylic acids is 1. The summed E-state index contributed by atoms with van der Waals surface area (Å²) in [5, 5.41) is 25.2. The number of imide groups is 1. The number of amides is 2. The molecule has 4 aromatic carbocycles. The highest BCUT2D eigenvalue weighted by Crippen LogP contribution is 2.42. The lowest BCUT2D eigenvalue weighted by Gasteiger charge is -2.28. The fourth-order valence-electron chi connectivity index (χ4n) is 4.12. The highest BCUT2D eigenvalue weighted by atomic mass is 35.5. The van der Waals surface area contributed by atoms with Crippen molar-refractivity contribution in [2.45, 2.75) is 0 Å². The van der Waals surface area contributed by atoms with Gasteiger partial charge in [-0.15, -0.1) is 0 Å².